The van der Waals surface area contributed by atoms with Crippen LogP contribution in [0.3, 0.4) is 0 Å². The SMILES string of the molecule is Cc1n[nH]cc1-c1csc(CNC(=O)C2(CC(=O)OC(C)(C)C)Cc3ccccc3C2)n1. The molecule has 0 unspecified atom stereocenters. The van der Waals surface area contributed by atoms with Gasteiger partial charge < -0.3 is 10.1 Å². The van der Waals surface area contributed by atoms with Gasteiger partial charge in [-0.3, -0.25) is 14.7 Å². The molecule has 32 heavy (non-hydrogen) atoms. The van der Waals surface area contributed by atoms with Crippen LogP contribution in [0.2, 0.25) is 0 Å². The van der Waals surface area contributed by atoms with Gasteiger partial charge in [0.05, 0.1) is 29.8 Å². The number of nitrogens with one attached hydrogen (secondary N) is 2. The third-order valence-electron chi connectivity index (χ3n) is 5.62. The zero-order valence-electron chi connectivity index (χ0n) is 18.8. The van der Waals surface area contributed by atoms with E-state index in [9.17, 15) is 9.59 Å². The average Bonchev–Trinajstić information content (AvgIpc) is 3.42. The van der Waals surface area contributed by atoms with Crippen LogP contribution in [0.1, 0.15) is 49.0 Å². The third kappa shape index (κ3) is 4.75. The van der Waals surface area contributed by atoms with Crippen LogP contribution in [-0.2, 0) is 33.7 Å². The number of H-pyrrole nitrogens is 1. The van der Waals surface area contributed by atoms with E-state index in [-0.39, 0.29) is 18.3 Å². The highest BCUT2D eigenvalue weighted by Gasteiger charge is 2.46. The second-order valence-electron chi connectivity index (χ2n) is 9.36. The van der Waals surface area contributed by atoms with Gasteiger partial charge in [-0.15, -0.1) is 11.3 Å². The highest BCUT2D eigenvalue weighted by molar-refractivity contribution is 7.09. The molecule has 1 aromatic carbocycles. The minimum atomic E-state index is -0.854. The second-order valence-corrected chi connectivity index (χ2v) is 10.3. The highest BCUT2D eigenvalue weighted by Crippen LogP contribution is 2.40. The molecule has 0 saturated heterocycles. The van der Waals surface area contributed by atoms with Crippen LogP contribution in [0.25, 0.3) is 11.3 Å². The molecule has 1 amide bonds. The predicted molar refractivity (Wildman–Crippen MR) is 123 cm³/mol. The standard InChI is InChI=1S/C24H28N4O3S/c1-15-18(12-26-28-15)19-14-32-20(27-19)13-25-22(30)24(11-21(29)31-23(2,3)4)9-16-7-5-6-8-17(16)10-24/h5-8,12,14H,9-11,13H2,1-4H3,(H,25,30)(H,26,28). The Balaban J connectivity index is 1.49. The lowest BCUT2D eigenvalue weighted by Crippen LogP contribution is -2.44. The fraction of sp³-hybridized carbons (Fsp3) is 0.417. The molecule has 0 aliphatic heterocycles. The summed E-state index contributed by atoms with van der Waals surface area (Å²) in [6, 6.07) is 7.99. The minimum Gasteiger partial charge on any atom is -0.460 e. The molecule has 0 radical (unpaired) electrons. The van der Waals surface area contributed by atoms with Crippen LogP contribution in [-0.4, -0.2) is 32.7 Å². The molecule has 2 heterocycles. The van der Waals surface area contributed by atoms with Gasteiger partial charge in [0.15, 0.2) is 0 Å². The van der Waals surface area contributed by atoms with Crippen LogP contribution in [0.4, 0.5) is 0 Å². The zero-order chi connectivity index (χ0) is 22.9. The summed E-state index contributed by atoms with van der Waals surface area (Å²) in [6.45, 7) is 7.74. The van der Waals surface area contributed by atoms with E-state index in [0.717, 1.165) is 33.1 Å². The molecule has 0 fully saturated rings. The van der Waals surface area contributed by atoms with E-state index in [1.165, 1.54) is 11.3 Å². The molecular weight excluding hydrogens is 424 g/mol. The van der Waals surface area contributed by atoms with Crippen molar-refractivity contribution >= 4 is 23.2 Å². The number of carbonyl (C=O) groups is 2. The predicted octanol–water partition coefficient (Wildman–Crippen LogP) is 3.97. The number of aryl methyl sites for hydroxylation is 1. The van der Waals surface area contributed by atoms with Crippen LogP contribution < -0.4 is 5.32 Å². The Labute approximate surface area is 191 Å². The number of aromatic nitrogens is 3. The maximum atomic E-state index is 13.4. The number of hydrogen-bond acceptors (Lipinski definition) is 6. The number of fused-ring (bicyclic) bond motifs is 1. The number of aromatic amines is 1. The van der Waals surface area contributed by atoms with E-state index in [2.05, 4.69) is 20.5 Å². The van der Waals surface area contributed by atoms with Crippen molar-refractivity contribution in [2.45, 2.75) is 59.1 Å². The van der Waals surface area contributed by atoms with Crippen molar-refractivity contribution < 1.29 is 14.3 Å². The van der Waals surface area contributed by atoms with Gasteiger partial charge in [-0.2, -0.15) is 5.10 Å². The Kier molecular flexibility index (Phi) is 5.90. The van der Waals surface area contributed by atoms with E-state index >= 15 is 0 Å². The first-order valence-corrected chi connectivity index (χ1v) is 11.6. The van der Waals surface area contributed by atoms with Crippen molar-refractivity contribution in [2.75, 3.05) is 0 Å². The smallest absolute Gasteiger partial charge is 0.307 e. The Morgan fingerprint density at radius 1 is 1.22 bits per heavy atom. The van der Waals surface area contributed by atoms with Crippen molar-refractivity contribution in [3.63, 3.8) is 0 Å². The maximum Gasteiger partial charge on any atom is 0.307 e. The van der Waals surface area contributed by atoms with Crippen molar-refractivity contribution in [1.29, 1.82) is 0 Å². The molecular formula is C24H28N4O3S. The van der Waals surface area contributed by atoms with Crippen LogP contribution in [0.15, 0.2) is 35.8 Å². The monoisotopic (exact) mass is 452 g/mol. The lowest BCUT2D eigenvalue weighted by Gasteiger charge is -2.29. The Morgan fingerprint density at radius 3 is 2.50 bits per heavy atom. The van der Waals surface area contributed by atoms with E-state index < -0.39 is 11.0 Å². The number of benzene rings is 1. The Morgan fingerprint density at radius 2 is 1.91 bits per heavy atom. The van der Waals surface area contributed by atoms with Gasteiger partial charge in [-0.05, 0) is 51.7 Å². The maximum absolute atomic E-state index is 13.4. The van der Waals surface area contributed by atoms with Crippen LogP contribution >= 0.6 is 11.3 Å². The number of rotatable bonds is 6. The summed E-state index contributed by atoms with van der Waals surface area (Å²) >= 11 is 1.49. The van der Waals surface area contributed by atoms with Gasteiger partial charge in [-0.25, -0.2) is 4.98 Å². The Hall–Kier alpha value is -3.00. The number of ether oxygens (including phenoxy) is 1. The largest absolute Gasteiger partial charge is 0.460 e. The molecule has 168 valence electrons. The lowest BCUT2D eigenvalue weighted by molar-refractivity contribution is -0.160. The van der Waals surface area contributed by atoms with Gasteiger partial charge in [0.25, 0.3) is 0 Å². The molecule has 2 N–H and O–H groups in total. The number of hydrogen-bond donors (Lipinski definition) is 2. The molecule has 0 atom stereocenters. The number of nitrogens with zero attached hydrogens (tertiary/aromatic N) is 2. The van der Waals surface area contributed by atoms with Gasteiger partial charge in [-0.1, -0.05) is 24.3 Å². The molecule has 4 rings (SSSR count). The summed E-state index contributed by atoms with van der Waals surface area (Å²) in [6.07, 6.45) is 2.90. The van der Waals surface area contributed by atoms with Gasteiger partial charge in [0, 0.05) is 17.1 Å². The van der Waals surface area contributed by atoms with E-state index in [1.807, 2.05) is 63.5 Å². The Bertz CT molecular complexity index is 1120. The molecule has 7 nitrogen and oxygen atoms in total. The fourth-order valence-electron chi connectivity index (χ4n) is 4.19. The van der Waals surface area contributed by atoms with E-state index in [0.29, 0.717) is 19.4 Å². The first-order valence-electron chi connectivity index (χ1n) is 10.7. The summed E-state index contributed by atoms with van der Waals surface area (Å²) < 4.78 is 5.55. The number of esters is 1. The molecule has 8 heteroatoms. The normalized spacial score (nSPS) is 14.8. The van der Waals surface area contributed by atoms with Crippen molar-refractivity contribution in [3.05, 3.63) is 57.7 Å². The second kappa shape index (κ2) is 8.50. The number of carbonyl (C=O) groups excluding carboxylic acids is 2. The first-order chi connectivity index (χ1) is 15.2. The summed E-state index contributed by atoms with van der Waals surface area (Å²) in [7, 11) is 0. The van der Waals surface area contributed by atoms with Crippen molar-refractivity contribution in [3.8, 4) is 11.3 Å². The third-order valence-corrected chi connectivity index (χ3v) is 6.47. The van der Waals surface area contributed by atoms with Gasteiger partial charge >= 0.3 is 5.97 Å². The lowest BCUT2D eigenvalue weighted by atomic mass is 9.80. The molecule has 2 aromatic heterocycles. The summed E-state index contributed by atoms with van der Waals surface area (Å²) in [5.74, 6) is -0.497. The fourth-order valence-corrected chi connectivity index (χ4v) is 4.92. The molecule has 0 saturated carbocycles. The van der Waals surface area contributed by atoms with Crippen LogP contribution in [0.5, 0.6) is 0 Å². The zero-order valence-corrected chi connectivity index (χ0v) is 19.6. The average molecular weight is 453 g/mol. The van der Waals surface area contributed by atoms with Crippen molar-refractivity contribution in [1.82, 2.24) is 20.5 Å². The highest BCUT2D eigenvalue weighted by atomic mass is 32.1. The number of amides is 1. The number of thiazole rings is 1. The van der Waals surface area contributed by atoms with Gasteiger partial charge in [0.2, 0.25) is 5.91 Å². The first kappa shape index (κ1) is 22.2. The topological polar surface area (TPSA) is 97.0 Å². The summed E-state index contributed by atoms with van der Waals surface area (Å²) in [5, 5.41) is 12.8. The van der Waals surface area contributed by atoms with E-state index in [1.54, 1.807) is 0 Å². The van der Waals surface area contributed by atoms with Crippen LogP contribution in [0, 0.1) is 12.3 Å². The van der Waals surface area contributed by atoms with Gasteiger partial charge in [0.1, 0.15) is 10.6 Å². The summed E-state index contributed by atoms with van der Waals surface area (Å²) in [5.41, 5.74) is 3.44. The van der Waals surface area contributed by atoms with E-state index in [4.69, 9.17) is 4.74 Å². The van der Waals surface area contributed by atoms with Crippen molar-refractivity contribution in [2.24, 2.45) is 5.41 Å². The molecule has 0 bridgehead atoms. The molecule has 1 aliphatic rings. The molecule has 3 aromatic rings. The molecule has 1 aliphatic carbocycles. The minimum absolute atomic E-state index is 0.0438. The molecule has 0 spiro atoms. The summed E-state index contributed by atoms with van der Waals surface area (Å²) in [4.78, 5) is 30.8. The quantitative estimate of drug-likeness (QED) is 0.552.